The van der Waals surface area contributed by atoms with Crippen molar-refractivity contribution in [2.24, 2.45) is 0 Å². The molecule has 0 saturated carbocycles. The topological polar surface area (TPSA) is 47.5 Å². The van der Waals surface area contributed by atoms with E-state index in [9.17, 15) is 0 Å². The van der Waals surface area contributed by atoms with Crippen LogP contribution in [0.4, 0.5) is 17.3 Å². The van der Waals surface area contributed by atoms with Gasteiger partial charge >= 0.3 is 0 Å². The minimum Gasteiger partial charge on any atom is -0.362 e. The Kier molecular flexibility index (Phi) is 4.49. The van der Waals surface area contributed by atoms with Crippen LogP contribution in [0, 0.1) is 0 Å². The van der Waals surface area contributed by atoms with E-state index in [0.717, 1.165) is 44.4 Å². The van der Waals surface area contributed by atoms with Crippen molar-refractivity contribution in [3.05, 3.63) is 41.7 Å². The third kappa shape index (κ3) is 3.10. The molecule has 6 heterocycles. The van der Waals surface area contributed by atoms with Crippen molar-refractivity contribution in [1.82, 2.24) is 15.3 Å². The summed E-state index contributed by atoms with van der Waals surface area (Å²) in [7, 11) is 0. The smallest absolute Gasteiger partial charge is 0.131 e. The summed E-state index contributed by atoms with van der Waals surface area (Å²) in [5.41, 5.74) is 4.39. The second-order valence-electron chi connectivity index (χ2n) is 11.1. The normalized spacial score (nSPS) is 22.8. The van der Waals surface area contributed by atoms with E-state index < -0.39 is 0 Å². The van der Waals surface area contributed by atoms with E-state index in [1.165, 1.54) is 36.5 Å². The molecule has 2 spiro atoms. The molecule has 32 heavy (non-hydrogen) atoms. The molecular formula is C26H36N6. The molecule has 2 aromatic rings. The first-order chi connectivity index (χ1) is 15.4. The van der Waals surface area contributed by atoms with E-state index in [1.807, 2.05) is 0 Å². The Morgan fingerprint density at radius 2 is 1.53 bits per heavy atom. The summed E-state index contributed by atoms with van der Waals surface area (Å²) in [6.07, 6.45) is 2.57. The summed E-state index contributed by atoms with van der Waals surface area (Å²) in [6.45, 7) is 15.6. The van der Waals surface area contributed by atoms with Crippen LogP contribution in [0.1, 0.15) is 63.8 Å². The zero-order chi connectivity index (χ0) is 22.1. The van der Waals surface area contributed by atoms with Crippen LogP contribution in [-0.4, -0.2) is 60.3 Å². The molecule has 4 aliphatic heterocycles. The monoisotopic (exact) mass is 432 g/mol. The van der Waals surface area contributed by atoms with E-state index in [4.69, 9.17) is 9.97 Å². The van der Waals surface area contributed by atoms with Crippen LogP contribution in [0.5, 0.6) is 0 Å². The molecule has 6 heteroatoms. The van der Waals surface area contributed by atoms with Gasteiger partial charge in [-0.2, -0.15) is 0 Å². The maximum Gasteiger partial charge on any atom is 0.131 e. The number of pyridine rings is 2. The molecular weight excluding hydrogens is 396 g/mol. The van der Waals surface area contributed by atoms with Gasteiger partial charge in [0.2, 0.25) is 0 Å². The Morgan fingerprint density at radius 3 is 2.12 bits per heavy atom. The molecule has 0 atom stereocenters. The van der Waals surface area contributed by atoms with Crippen molar-refractivity contribution in [1.29, 1.82) is 0 Å². The number of rotatable bonds is 5. The molecule has 6 nitrogen and oxygen atoms in total. The third-order valence-corrected chi connectivity index (χ3v) is 8.15. The molecule has 4 fully saturated rings. The Morgan fingerprint density at radius 1 is 0.844 bits per heavy atom. The van der Waals surface area contributed by atoms with Gasteiger partial charge in [-0.15, -0.1) is 0 Å². The standard InChI is InChI=1S/C26H36N6/c1-18(2)21-6-5-7-23(28-21)31-16-26(17-31)9-11-32(26)20-12-22(19(3)4)29-24(13-20)30-14-25(15-30)8-10-27-25/h5-7,12-13,18-19,27H,8-11,14-17H2,1-4H3. The lowest BCUT2D eigenvalue weighted by molar-refractivity contribution is 0.158. The minimum atomic E-state index is 0.258. The van der Waals surface area contributed by atoms with Gasteiger partial charge in [-0.3, -0.25) is 0 Å². The lowest BCUT2D eigenvalue weighted by Gasteiger charge is -2.64. The zero-order valence-electron chi connectivity index (χ0n) is 19.9. The Labute approximate surface area is 192 Å². The molecule has 0 unspecified atom stereocenters. The highest BCUT2D eigenvalue weighted by Gasteiger charge is 2.54. The summed E-state index contributed by atoms with van der Waals surface area (Å²) in [6, 6.07) is 11.1. The van der Waals surface area contributed by atoms with E-state index in [1.54, 1.807) is 0 Å². The van der Waals surface area contributed by atoms with Crippen LogP contribution in [0.15, 0.2) is 30.3 Å². The van der Waals surface area contributed by atoms with Crippen LogP contribution in [0.2, 0.25) is 0 Å². The summed E-state index contributed by atoms with van der Waals surface area (Å²) < 4.78 is 0. The van der Waals surface area contributed by atoms with Gasteiger partial charge in [0.1, 0.15) is 11.6 Å². The first kappa shape index (κ1) is 20.3. The van der Waals surface area contributed by atoms with Crippen molar-refractivity contribution >= 4 is 17.3 Å². The molecule has 0 amide bonds. The van der Waals surface area contributed by atoms with Gasteiger partial charge in [-0.25, -0.2) is 9.97 Å². The highest BCUT2D eigenvalue weighted by molar-refractivity contribution is 5.64. The predicted molar refractivity (Wildman–Crippen MR) is 131 cm³/mol. The predicted octanol–water partition coefficient (Wildman–Crippen LogP) is 3.74. The molecule has 1 N–H and O–H groups in total. The average Bonchev–Trinajstić information content (AvgIpc) is 2.64. The molecule has 170 valence electrons. The average molecular weight is 433 g/mol. The lowest BCUT2D eigenvalue weighted by atomic mass is 9.76. The molecule has 0 bridgehead atoms. The summed E-state index contributed by atoms with van der Waals surface area (Å²) in [5.74, 6) is 3.19. The van der Waals surface area contributed by atoms with Crippen LogP contribution < -0.4 is 20.0 Å². The first-order valence-corrected chi connectivity index (χ1v) is 12.4. The molecule has 2 aromatic heterocycles. The fraction of sp³-hybridized carbons (Fsp3) is 0.615. The highest BCUT2D eigenvalue weighted by Crippen LogP contribution is 2.45. The van der Waals surface area contributed by atoms with Gasteiger partial charge in [0.25, 0.3) is 0 Å². The van der Waals surface area contributed by atoms with Crippen LogP contribution >= 0.6 is 0 Å². The minimum absolute atomic E-state index is 0.258. The van der Waals surface area contributed by atoms with Crippen molar-refractivity contribution in [3.63, 3.8) is 0 Å². The summed E-state index contributed by atoms with van der Waals surface area (Å²) >= 11 is 0. The zero-order valence-corrected chi connectivity index (χ0v) is 19.9. The van der Waals surface area contributed by atoms with Gasteiger partial charge < -0.3 is 20.0 Å². The van der Waals surface area contributed by atoms with E-state index in [0.29, 0.717) is 17.4 Å². The summed E-state index contributed by atoms with van der Waals surface area (Å²) in [5, 5.41) is 3.63. The van der Waals surface area contributed by atoms with Gasteiger partial charge in [0.05, 0.1) is 11.1 Å². The molecule has 4 aliphatic rings. The van der Waals surface area contributed by atoms with Gasteiger partial charge in [-0.05, 0) is 49.4 Å². The maximum absolute atomic E-state index is 5.05. The largest absolute Gasteiger partial charge is 0.362 e. The Bertz CT molecular complexity index is 1010. The molecule has 4 saturated heterocycles. The van der Waals surface area contributed by atoms with E-state index >= 15 is 0 Å². The molecule has 6 rings (SSSR count). The molecule has 0 aliphatic carbocycles. The van der Waals surface area contributed by atoms with E-state index in [2.05, 4.69) is 78.0 Å². The quantitative estimate of drug-likeness (QED) is 0.777. The second kappa shape index (κ2) is 7.08. The number of nitrogens with one attached hydrogen (secondary N) is 1. The van der Waals surface area contributed by atoms with Gasteiger partial charge in [-0.1, -0.05) is 33.8 Å². The third-order valence-electron chi connectivity index (χ3n) is 8.15. The van der Waals surface area contributed by atoms with Crippen molar-refractivity contribution in [2.75, 3.05) is 54.0 Å². The number of nitrogens with zero attached hydrogens (tertiary/aromatic N) is 5. The van der Waals surface area contributed by atoms with Crippen LogP contribution in [0.3, 0.4) is 0 Å². The van der Waals surface area contributed by atoms with Crippen LogP contribution in [-0.2, 0) is 0 Å². The van der Waals surface area contributed by atoms with Crippen LogP contribution in [0.25, 0.3) is 0 Å². The highest BCUT2D eigenvalue weighted by atomic mass is 15.4. The fourth-order valence-electron chi connectivity index (χ4n) is 5.77. The molecule has 0 aromatic carbocycles. The van der Waals surface area contributed by atoms with Crippen molar-refractivity contribution in [3.8, 4) is 0 Å². The van der Waals surface area contributed by atoms with Crippen molar-refractivity contribution in [2.45, 2.75) is 63.5 Å². The van der Waals surface area contributed by atoms with Crippen molar-refractivity contribution < 1.29 is 0 Å². The van der Waals surface area contributed by atoms with E-state index in [-0.39, 0.29) is 5.54 Å². The number of anilines is 3. The van der Waals surface area contributed by atoms with Gasteiger partial charge in [0.15, 0.2) is 0 Å². The SMILES string of the molecule is CC(C)c1cc(N2CCC23CN(c2cccc(C(C)C)n2)C3)cc(N2CC3(CCN3)C2)n1. The number of hydrogen-bond donors (Lipinski definition) is 1. The Balaban J connectivity index is 1.21. The second-order valence-corrected chi connectivity index (χ2v) is 11.1. The number of hydrogen-bond acceptors (Lipinski definition) is 6. The maximum atomic E-state index is 5.05. The fourth-order valence-corrected chi connectivity index (χ4v) is 5.77. The lowest BCUT2D eigenvalue weighted by Crippen LogP contribution is -2.77. The van der Waals surface area contributed by atoms with Gasteiger partial charge in [0, 0.05) is 55.9 Å². The Hall–Kier alpha value is -2.34. The first-order valence-electron chi connectivity index (χ1n) is 12.4. The molecule has 0 radical (unpaired) electrons. The number of aromatic nitrogens is 2. The summed E-state index contributed by atoms with van der Waals surface area (Å²) in [4.78, 5) is 17.5.